The molecule has 0 amide bonds. The molecule has 0 aromatic carbocycles. The summed E-state index contributed by atoms with van der Waals surface area (Å²) in [5.41, 5.74) is 0. The first kappa shape index (κ1) is 15.4. The van der Waals surface area contributed by atoms with Crippen molar-refractivity contribution in [3.05, 3.63) is 0 Å². The number of fused-ring (bicyclic) bond motifs is 2. The molecule has 0 aliphatic heterocycles. The fourth-order valence-electron chi connectivity index (χ4n) is 6.67. The summed E-state index contributed by atoms with van der Waals surface area (Å²) in [6.45, 7) is 0. The third-order valence-corrected chi connectivity index (χ3v) is 7.92. The summed E-state index contributed by atoms with van der Waals surface area (Å²) >= 11 is 0. The Hall–Kier alpha value is -0.0800. The lowest BCUT2D eigenvalue weighted by molar-refractivity contribution is -0.00622. The Balaban J connectivity index is 1.36. The summed E-state index contributed by atoms with van der Waals surface area (Å²) in [5.74, 6) is 5.33. The van der Waals surface area contributed by atoms with Crippen molar-refractivity contribution in [2.75, 3.05) is 0 Å². The van der Waals surface area contributed by atoms with Crippen LogP contribution in [-0.4, -0.2) is 22.4 Å². The average Bonchev–Trinajstić information content (AvgIpc) is 2.53. The van der Waals surface area contributed by atoms with Crippen LogP contribution in [0.1, 0.15) is 77.0 Å². The van der Waals surface area contributed by atoms with Gasteiger partial charge in [0.15, 0.2) is 0 Å². The standard InChI is InChI=1S/C20H34O2/c21-19-7-5-13-1-3-15(9-17(13)11-19)16-4-2-14-6-8-20(22)12-18(14)10-16/h13-22H,1-12H2. The van der Waals surface area contributed by atoms with Gasteiger partial charge in [0.1, 0.15) is 0 Å². The molecule has 0 heterocycles. The smallest absolute Gasteiger partial charge is 0.0543 e. The van der Waals surface area contributed by atoms with E-state index in [1.54, 1.807) is 0 Å². The number of hydrogen-bond donors (Lipinski definition) is 2. The molecule has 0 radical (unpaired) electrons. The quantitative estimate of drug-likeness (QED) is 0.764. The topological polar surface area (TPSA) is 40.5 Å². The predicted octanol–water partition coefficient (Wildman–Crippen LogP) is 4.14. The van der Waals surface area contributed by atoms with Crippen LogP contribution < -0.4 is 0 Å². The Bertz CT molecular complexity index is 346. The molecule has 2 nitrogen and oxygen atoms in total. The monoisotopic (exact) mass is 306 g/mol. The van der Waals surface area contributed by atoms with Crippen LogP contribution in [0.5, 0.6) is 0 Å². The zero-order chi connectivity index (χ0) is 15.1. The minimum atomic E-state index is -0.00997. The fourth-order valence-corrected chi connectivity index (χ4v) is 6.67. The molecule has 0 aromatic rings. The average molecular weight is 306 g/mol. The first-order chi connectivity index (χ1) is 10.7. The van der Waals surface area contributed by atoms with Crippen LogP contribution in [0, 0.1) is 35.5 Å². The minimum absolute atomic E-state index is 0.00997. The predicted molar refractivity (Wildman–Crippen MR) is 88.4 cm³/mol. The highest BCUT2D eigenvalue weighted by molar-refractivity contribution is 4.92. The van der Waals surface area contributed by atoms with E-state index in [1.165, 1.54) is 51.4 Å². The van der Waals surface area contributed by atoms with E-state index in [9.17, 15) is 10.2 Å². The molecule has 8 atom stereocenters. The van der Waals surface area contributed by atoms with Crippen molar-refractivity contribution in [2.24, 2.45) is 35.5 Å². The second-order valence-corrected chi connectivity index (χ2v) is 9.12. The molecule has 0 saturated heterocycles. The van der Waals surface area contributed by atoms with Gasteiger partial charge in [0.25, 0.3) is 0 Å². The molecular formula is C20H34O2. The highest BCUT2D eigenvalue weighted by Gasteiger charge is 2.41. The molecule has 2 heteroatoms. The fraction of sp³-hybridized carbons (Fsp3) is 1.00. The lowest BCUT2D eigenvalue weighted by atomic mass is 9.59. The Morgan fingerprint density at radius 2 is 0.727 bits per heavy atom. The number of aliphatic hydroxyl groups excluding tert-OH is 2. The Morgan fingerprint density at radius 1 is 0.364 bits per heavy atom. The molecule has 22 heavy (non-hydrogen) atoms. The van der Waals surface area contributed by atoms with E-state index in [2.05, 4.69) is 0 Å². The van der Waals surface area contributed by atoms with Crippen molar-refractivity contribution in [1.29, 1.82) is 0 Å². The third kappa shape index (κ3) is 3.11. The van der Waals surface area contributed by atoms with Crippen LogP contribution >= 0.6 is 0 Å². The summed E-state index contributed by atoms with van der Waals surface area (Å²) in [4.78, 5) is 0. The summed E-state index contributed by atoms with van der Waals surface area (Å²) < 4.78 is 0. The van der Waals surface area contributed by atoms with Gasteiger partial charge in [-0.3, -0.25) is 0 Å². The number of aliphatic hydroxyl groups is 2. The molecule has 4 aliphatic rings. The molecule has 4 aliphatic carbocycles. The van der Waals surface area contributed by atoms with Gasteiger partial charge >= 0.3 is 0 Å². The van der Waals surface area contributed by atoms with E-state index in [0.717, 1.165) is 61.2 Å². The van der Waals surface area contributed by atoms with E-state index in [-0.39, 0.29) is 12.2 Å². The SMILES string of the molecule is OC1CCC2CCC(C3CCC4CCC(O)CC4C3)CC2C1. The van der Waals surface area contributed by atoms with Crippen LogP contribution in [0.25, 0.3) is 0 Å². The molecule has 126 valence electrons. The van der Waals surface area contributed by atoms with Crippen LogP contribution in [-0.2, 0) is 0 Å². The molecule has 0 bridgehead atoms. The highest BCUT2D eigenvalue weighted by atomic mass is 16.3. The van der Waals surface area contributed by atoms with Crippen molar-refractivity contribution >= 4 is 0 Å². The molecule has 0 aromatic heterocycles. The first-order valence-corrected chi connectivity index (χ1v) is 10.0. The zero-order valence-corrected chi connectivity index (χ0v) is 14.0. The van der Waals surface area contributed by atoms with Gasteiger partial charge in [-0.2, -0.15) is 0 Å². The Labute approximate surface area is 135 Å². The maximum atomic E-state index is 10.0. The molecule has 4 saturated carbocycles. The van der Waals surface area contributed by atoms with Crippen molar-refractivity contribution in [3.63, 3.8) is 0 Å². The van der Waals surface area contributed by atoms with Crippen molar-refractivity contribution in [2.45, 2.75) is 89.3 Å². The van der Waals surface area contributed by atoms with Crippen molar-refractivity contribution in [3.8, 4) is 0 Å². The number of hydrogen-bond acceptors (Lipinski definition) is 2. The molecule has 2 N–H and O–H groups in total. The van der Waals surface area contributed by atoms with Crippen molar-refractivity contribution in [1.82, 2.24) is 0 Å². The van der Waals surface area contributed by atoms with Gasteiger partial charge in [-0.1, -0.05) is 0 Å². The molecule has 0 spiro atoms. The summed E-state index contributed by atoms with van der Waals surface area (Å²) in [7, 11) is 0. The summed E-state index contributed by atoms with van der Waals surface area (Å²) in [6.07, 6.45) is 15.3. The van der Waals surface area contributed by atoms with E-state index in [0.29, 0.717) is 0 Å². The first-order valence-electron chi connectivity index (χ1n) is 10.0. The maximum Gasteiger partial charge on any atom is 0.0543 e. The summed E-state index contributed by atoms with van der Waals surface area (Å²) in [5, 5.41) is 20.0. The van der Waals surface area contributed by atoms with E-state index < -0.39 is 0 Å². The maximum absolute atomic E-state index is 10.0. The third-order valence-electron chi connectivity index (χ3n) is 7.92. The van der Waals surface area contributed by atoms with Gasteiger partial charge < -0.3 is 10.2 Å². The molecular weight excluding hydrogens is 272 g/mol. The van der Waals surface area contributed by atoms with Crippen LogP contribution in [0.3, 0.4) is 0 Å². The largest absolute Gasteiger partial charge is 0.393 e. The van der Waals surface area contributed by atoms with Crippen LogP contribution in [0.2, 0.25) is 0 Å². The highest BCUT2D eigenvalue weighted by Crippen LogP contribution is 2.51. The van der Waals surface area contributed by atoms with E-state index in [1.807, 2.05) is 0 Å². The van der Waals surface area contributed by atoms with Gasteiger partial charge in [-0.15, -0.1) is 0 Å². The van der Waals surface area contributed by atoms with E-state index in [4.69, 9.17) is 0 Å². The second kappa shape index (κ2) is 6.43. The lowest BCUT2D eigenvalue weighted by Gasteiger charge is -2.47. The van der Waals surface area contributed by atoms with Crippen LogP contribution in [0.15, 0.2) is 0 Å². The van der Waals surface area contributed by atoms with Gasteiger partial charge in [0.2, 0.25) is 0 Å². The molecule has 8 unspecified atom stereocenters. The Kier molecular flexibility index (Phi) is 4.52. The zero-order valence-electron chi connectivity index (χ0n) is 14.0. The molecule has 4 rings (SSSR count). The second-order valence-electron chi connectivity index (χ2n) is 9.12. The van der Waals surface area contributed by atoms with Gasteiger partial charge in [0.05, 0.1) is 12.2 Å². The van der Waals surface area contributed by atoms with Crippen molar-refractivity contribution < 1.29 is 10.2 Å². The van der Waals surface area contributed by atoms with E-state index >= 15 is 0 Å². The number of rotatable bonds is 1. The Morgan fingerprint density at radius 3 is 1.18 bits per heavy atom. The normalized spacial score (nSPS) is 52.6. The molecule has 4 fully saturated rings. The summed E-state index contributed by atoms with van der Waals surface area (Å²) in [6, 6.07) is 0. The minimum Gasteiger partial charge on any atom is -0.393 e. The van der Waals surface area contributed by atoms with Gasteiger partial charge in [-0.05, 0) is 113 Å². The lowest BCUT2D eigenvalue weighted by Crippen LogP contribution is -2.39. The van der Waals surface area contributed by atoms with Crippen LogP contribution in [0.4, 0.5) is 0 Å². The van der Waals surface area contributed by atoms with Gasteiger partial charge in [0, 0.05) is 0 Å². The van der Waals surface area contributed by atoms with Gasteiger partial charge in [-0.25, -0.2) is 0 Å².